The number of fused-ring (bicyclic) bond motifs is 2. The van der Waals surface area contributed by atoms with Crippen LogP contribution in [0, 0.1) is 0 Å². The summed E-state index contributed by atoms with van der Waals surface area (Å²) in [4.78, 5) is 29.5. The zero-order valence-electron chi connectivity index (χ0n) is 17.5. The van der Waals surface area contributed by atoms with Gasteiger partial charge in [0.2, 0.25) is 0 Å². The van der Waals surface area contributed by atoms with Crippen LogP contribution in [0.2, 0.25) is 0 Å². The minimum Gasteiger partial charge on any atom is -0.354 e. The van der Waals surface area contributed by atoms with Gasteiger partial charge in [0, 0.05) is 44.2 Å². The van der Waals surface area contributed by atoms with Gasteiger partial charge in [-0.3, -0.25) is 9.69 Å². The lowest BCUT2D eigenvalue weighted by Gasteiger charge is -2.35. The number of hydrogen-bond donors (Lipinski definition) is 2. The lowest BCUT2D eigenvalue weighted by Crippen LogP contribution is -2.46. The van der Waals surface area contributed by atoms with Gasteiger partial charge in [-0.2, -0.15) is 0 Å². The van der Waals surface area contributed by atoms with Gasteiger partial charge in [-0.1, -0.05) is 18.2 Å². The normalized spacial score (nSPS) is 15.2. The average Bonchev–Trinajstić information content (AvgIpc) is 3.28. The number of H-pyrrole nitrogens is 1. The first-order valence-corrected chi connectivity index (χ1v) is 10.9. The van der Waals surface area contributed by atoms with Gasteiger partial charge in [0.1, 0.15) is 17.3 Å². The summed E-state index contributed by atoms with van der Waals surface area (Å²) < 4.78 is 1.19. The van der Waals surface area contributed by atoms with Crippen molar-refractivity contribution in [1.29, 1.82) is 0 Å². The Labute approximate surface area is 180 Å². The van der Waals surface area contributed by atoms with E-state index in [1.807, 2.05) is 12.1 Å². The summed E-state index contributed by atoms with van der Waals surface area (Å²) >= 11 is 0. The average molecular weight is 418 g/mol. The van der Waals surface area contributed by atoms with Crippen molar-refractivity contribution in [1.82, 2.24) is 24.5 Å². The third-order valence-electron chi connectivity index (χ3n) is 6.10. The molecular weight excluding hydrogens is 390 g/mol. The molecule has 0 saturated carbocycles. The van der Waals surface area contributed by atoms with E-state index in [0.717, 1.165) is 56.9 Å². The second-order valence-electron chi connectivity index (χ2n) is 8.09. The van der Waals surface area contributed by atoms with Crippen molar-refractivity contribution in [3.8, 4) is 0 Å². The Balaban J connectivity index is 1.11. The molecule has 1 saturated heterocycles. The van der Waals surface area contributed by atoms with Crippen LogP contribution in [0.25, 0.3) is 21.9 Å². The van der Waals surface area contributed by atoms with Crippen LogP contribution in [0.4, 0.5) is 5.82 Å². The summed E-state index contributed by atoms with van der Waals surface area (Å²) in [6.07, 6.45) is 4.41. The lowest BCUT2D eigenvalue weighted by atomic mass is 10.2. The van der Waals surface area contributed by atoms with Crippen LogP contribution < -0.4 is 16.3 Å². The number of aryl methyl sites for hydroxylation is 1. The largest absolute Gasteiger partial charge is 0.354 e. The van der Waals surface area contributed by atoms with Crippen molar-refractivity contribution in [2.24, 2.45) is 0 Å². The second-order valence-corrected chi connectivity index (χ2v) is 8.09. The van der Waals surface area contributed by atoms with Gasteiger partial charge >= 0.3 is 0 Å². The van der Waals surface area contributed by atoms with Gasteiger partial charge in [-0.25, -0.2) is 14.6 Å². The number of nitrogens with two attached hydrogens (primary N) is 1. The molecule has 0 unspecified atom stereocenters. The molecule has 8 heteroatoms. The van der Waals surface area contributed by atoms with Gasteiger partial charge in [-0.15, -0.1) is 0 Å². The Bertz CT molecular complexity index is 1250. The first-order chi connectivity index (χ1) is 15.2. The molecule has 1 fully saturated rings. The molecule has 0 spiro atoms. The molecule has 4 aromatic rings. The molecule has 31 heavy (non-hydrogen) atoms. The minimum absolute atomic E-state index is 0.195. The van der Waals surface area contributed by atoms with Crippen LogP contribution >= 0.6 is 0 Å². The topological polar surface area (TPSA) is 96.1 Å². The molecule has 0 aliphatic carbocycles. The van der Waals surface area contributed by atoms with Crippen molar-refractivity contribution in [2.75, 3.05) is 43.5 Å². The molecule has 0 bridgehead atoms. The fraction of sp³-hybridized carbons (Fsp3) is 0.348. The van der Waals surface area contributed by atoms with Crippen LogP contribution in [0.1, 0.15) is 18.7 Å². The molecule has 3 N–H and O–H groups in total. The second kappa shape index (κ2) is 8.39. The summed E-state index contributed by atoms with van der Waals surface area (Å²) in [6.45, 7) is 5.07. The summed E-state index contributed by atoms with van der Waals surface area (Å²) in [6, 6.07) is 14.2. The molecule has 0 radical (unpaired) electrons. The van der Waals surface area contributed by atoms with Crippen molar-refractivity contribution in [3.05, 3.63) is 64.8 Å². The number of aromatic nitrogens is 4. The van der Waals surface area contributed by atoms with E-state index in [4.69, 9.17) is 10.8 Å². The van der Waals surface area contributed by atoms with Crippen LogP contribution in [0.3, 0.4) is 0 Å². The summed E-state index contributed by atoms with van der Waals surface area (Å²) in [7, 11) is 0. The smallest absolute Gasteiger partial charge is 0.281 e. The number of rotatable bonds is 6. The Kier molecular flexibility index (Phi) is 5.30. The number of unbranched alkanes of at least 4 members (excludes halogenated alkanes) is 1. The van der Waals surface area contributed by atoms with Crippen LogP contribution in [-0.2, 0) is 6.42 Å². The van der Waals surface area contributed by atoms with Crippen molar-refractivity contribution < 1.29 is 0 Å². The number of nitrogens with one attached hydrogen (secondary N) is 1. The third-order valence-corrected chi connectivity index (χ3v) is 6.10. The molecule has 1 aliphatic rings. The van der Waals surface area contributed by atoms with Crippen LogP contribution in [-0.4, -0.2) is 57.3 Å². The van der Waals surface area contributed by atoms with Crippen molar-refractivity contribution in [2.45, 2.75) is 19.3 Å². The molecule has 3 aromatic heterocycles. The standard InChI is InChI=1S/C23H27N7O/c24-30-21(27-22-18(23(30)31)10-11-25-22)7-3-4-12-28-13-15-29(16-14-28)20-9-8-17-5-1-2-6-19(17)26-20/h1-2,5-6,8-11,25H,3-4,7,12-16,24H2. The molecule has 1 aromatic carbocycles. The molecule has 5 rings (SSSR count). The Hall–Kier alpha value is -3.39. The lowest BCUT2D eigenvalue weighted by molar-refractivity contribution is 0.252. The summed E-state index contributed by atoms with van der Waals surface area (Å²) in [5.41, 5.74) is 1.46. The number of nitrogen functional groups attached to an aromatic ring is 1. The van der Waals surface area contributed by atoms with Crippen molar-refractivity contribution in [3.63, 3.8) is 0 Å². The van der Waals surface area contributed by atoms with E-state index >= 15 is 0 Å². The zero-order valence-corrected chi connectivity index (χ0v) is 17.5. The number of benzene rings is 1. The number of nitrogens with zero attached hydrogens (tertiary/aromatic N) is 5. The Morgan fingerprint density at radius 1 is 0.968 bits per heavy atom. The van der Waals surface area contributed by atoms with Crippen LogP contribution in [0.15, 0.2) is 53.5 Å². The third kappa shape index (κ3) is 3.98. The molecule has 0 atom stereocenters. The quantitative estimate of drug-likeness (QED) is 0.369. The highest BCUT2D eigenvalue weighted by molar-refractivity contribution is 5.80. The van der Waals surface area contributed by atoms with E-state index in [-0.39, 0.29) is 5.56 Å². The first-order valence-electron chi connectivity index (χ1n) is 10.9. The number of aromatic amines is 1. The maximum atomic E-state index is 12.3. The van der Waals surface area contributed by atoms with E-state index in [1.54, 1.807) is 12.3 Å². The SMILES string of the molecule is Nn1c(CCCCN2CCN(c3ccc4ccccc4n3)CC2)nc2[nH]ccc2c1=O. The monoisotopic (exact) mass is 417 g/mol. The van der Waals surface area contributed by atoms with Crippen LogP contribution in [0.5, 0.6) is 0 Å². The highest BCUT2D eigenvalue weighted by atomic mass is 16.1. The van der Waals surface area contributed by atoms with E-state index in [9.17, 15) is 4.79 Å². The predicted molar refractivity (Wildman–Crippen MR) is 124 cm³/mol. The summed E-state index contributed by atoms with van der Waals surface area (Å²) in [5, 5.41) is 1.71. The number of para-hydroxylation sites is 1. The van der Waals surface area contributed by atoms with E-state index in [1.165, 1.54) is 10.1 Å². The van der Waals surface area contributed by atoms with Gasteiger partial charge < -0.3 is 15.7 Å². The zero-order chi connectivity index (χ0) is 21.2. The number of anilines is 1. The fourth-order valence-corrected chi connectivity index (χ4v) is 4.28. The van der Waals surface area contributed by atoms with Gasteiger partial charge in [-0.05, 0) is 43.7 Å². The molecule has 4 heterocycles. The fourth-order valence-electron chi connectivity index (χ4n) is 4.28. The molecule has 8 nitrogen and oxygen atoms in total. The van der Waals surface area contributed by atoms with Gasteiger partial charge in [0.25, 0.3) is 5.56 Å². The Morgan fingerprint density at radius 3 is 2.68 bits per heavy atom. The summed E-state index contributed by atoms with van der Waals surface area (Å²) in [5.74, 6) is 7.64. The van der Waals surface area contributed by atoms with E-state index in [2.05, 4.69) is 44.0 Å². The predicted octanol–water partition coefficient (Wildman–Crippen LogP) is 2.13. The maximum Gasteiger partial charge on any atom is 0.281 e. The highest BCUT2D eigenvalue weighted by Crippen LogP contribution is 2.19. The molecule has 0 amide bonds. The minimum atomic E-state index is -0.195. The highest BCUT2D eigenvalue weighted by Gasteiger charge is 2.18. The van der Waals surface area contributed by atoms with E-state index in [0.29, 0.717) is 23.3 Å². The molecule has 160 valence electrons. The Morgan fingerprint density at radius 2 is 1.81 bits per heavy atom. The number of hydrogen-bond acceptors (Lipinski definition) is 6. The van der Waals surface area contributed by atoms with Gasteiger partial charge in [0.05, 0.1) is 10.9 Å². The molecular formula is C23H27N7O. The van der Waals surface area contributed by atoms with Gasteiger partial charge in [0.15, 0.2) is 0 Å². The maximum absolute atomic E-state index is 12.3. The number of pyridine rings is 1. The molecule has 1 aliphatic heterocycles. The number of piperazine rings is 1. The van der Waals surface area contributed by atoms with E-state index < -0.39 is 0 Å². The first kappa shape index (κ1) is 19.6. The van der Waals surface area contributed by atoms with Crippen molar-refractivity contribution >= 4 is 27.8 Å².